The third kappa shape index (κ3) is 2.85. The van der Waals surface area contributed by atoms with Crippen molar-refractivity contribution in [3.05, 3.63) is 58.4 Å². The summed E-state index contributed by atoms with van der Waals surface area (Å²) in [5, 5.41) is 1.22. The highest BCUT2D eigenvalue weighted by molar-refractivity contribution is 9.08. The van der Waals surface area contributed by atoms with Gasteiger partial charge in [-0.05, 0) is 36.8 Å². The number of hydrogen-bond donors (Lipinski definition) is 0. The lowest BCUT2D eigenvalue weighted by Crippen LogP contribution is -1.93. The molecule has 1 nitrogen and oxygen atoms in total. The fraction of sp³-hybridized carbons (Fsp3) is 0.143. The minimum Gasteiger partial charge on any atom is -0.454 e. The number of alkyl halides is 1. The van der Waals surface area contributed by atoms with Gasteiger partial charge in [0.15, 0.2) is 11.6 Å². The zero-order valence-electron chi connectivity index (χ0n) is 9.71. The molecule has 0 heterocycles. The van der Waals surface area contributed by atoms with Crippen LogP contribution in [0.15, 0.2) is 36.4 Å². The Morgan fingerprint density at radius 3 is 2.72 bits per heavy atom. The van der Waals surface area contributed by atoms with Gasteiger partial charge >= 0.3 is 0 Å². The number of hydrogen-bond acceptors (Lipinski definition) is 1. The molecule has 0 aliphatic carbocycles. The van der Waals surface area contributed by atoms with E-state index in [-0.39, 0.29) is 11.6 Å². The van der Waals surface area contributed by atoms with Crippen LogP contribution in [0.4, 0.5) is 4.39 Å². The van der Waals surface area contributed by atoms with Crippen molar-refractivity contribution in [2.45, 2.75) is 12.3 Å². The summed E-state index contributed by atoms with van der Waals surface area (Å²) in [6.45, 7) is 1.70. The topological polar surface area (TPSA) is 9.23 Å². The SMILES string of the molecule is Cc1cccc(Oc2ccc(Cl)cc2CBr)c1F. The molecule has 0 aliphatic rings. The van der Waals surface area contributed by atoms with E-state index in [9.17, 15) is 4.39 Å². The summed E-state index contributed by atoms with van der Waals surface area (Å²) in [7, 11) is 0. The van der Waals surface area contributed by atoms with Crippen molar-refractivity contribution >= 4 is 27.5 Å². The summed E-state index contributed by atoms with van der Waals surface area (Å²) in [6.07, 6.45) is 0. The molecule has 0 aromatic heterocycles. The molecular weight excluding hydrogens is 319 g/mol. The molecule has 0 saturated heterocycles. The minimum atomic E-state index is -0.340. The smallest absolute Gasteiger partial charge is 0.168 e. The Morgan fingerprint density at radius 2 is 2.00 bits per heavy atom. The number of ether oxygens (including phenoxy) is 1. The van der Waals surface area contributed by atoms with E-state index in [0.717, 1.165) is 5.56 Å². The van der Waals surface area contributed by atoms with Crippen LogP contribution in [0, 0.1) is 12.7 Å². The Kier molecular flexibility index (Phi) is 4.25. The zero-order valence-corrected chi connectivity index (χ0v) is 12.1. The maximum Gasteiger partial charge on any atom is 0.168 e. The van der Waals surface area contributed by atoms with Crippen molar-refractivity contribution < 1.29 is 9.13 Å². The summed E-state index contributed by atoms with van der Waals surface area (Å²) < 4.78 is 19.4. The van der Waals surface area contributed by atoms with Gasteiger partial charge in [0.2, 0.25) is 0 Å². The van der Waals surface area contributed by atoms with E-state index in [1.165, 1.54) is 0 Å². The number of aryl methyl sites for hydroxylation is 1. The number of halogens is 3. The van der Waals surface area contributed by atoms with Gasteiger partial charge in [0.25, 0.3) is 0 Å². The maximum atomic E-state index is 13.8. The van der Waals surface area contributed by atoms with Crippen LogP contribution in [0.25, 0.3) is 0 Å². The quantitative estimate of drug-likeness (QED) is 0.678. The van der Waals surface area contributed by atoms with Crippen LogP contribution in [-0.2, 0) is 5.33 Å². The molecule has 0 bridgehead atoms. The second-order valence-corrected chi connectivity index (χ2v) is 4.87. The van der Waals surface area contributed by atoms with Crippen molar-refractivity contribution in [1.82, 2.24) is 0 Å². The van der Waals surface area contributed by atoms with Crippen molar-refractivity contribution in [2.75, 3.05) is 0 Å². The van der Waals surface area contributed by atoms with Gasteiger partial charge in [-0.25, -0.2) is 4.39 Å². The molecule has 0 saturated carbocycles. The summed E-state index contributed by atoms with van der Waals surface area (Å²) in [5.74, 6) is 0.480. The molecule has 0 unspecified atom stereocenters. The summed E-state index contributed by atoms with van der Waals surface area (Å²) >= 11 is 9.26. The average Bonchev–Trinajstić information content (AvgIpc) is 2.37. The first kappa shape index (κ1) is 13.4. The minimum absolute atomic E-state index is 0.222. The monoisotopic (exact) mass is 328 g/mol. The second kappa shape index (κ2) is 5.72. The number of benzene rings is 2. The first-order chi connectivity index (χ1) is 8.61. The van der Waals surface area contributed by atoms with Crippen LogP contribution >= 0.6 is 27.5 Å². The molecule has 94 valence electrons. The van der Waals surface area contributed by atoms with Crippen molar-refractivity contribution in [2.24, 2.45) is 0 Å². The van der Waals surface area contributed by atoms with Crippen LogP contribution in [0.2, 0.25) is 5.02 Å². The van der Waals surface area contributed by atoms with Gasteiger partial charge in [0.05, 0.1) is 0 Å². The second-order valence-electron chi connectivity index (χ2n) is 3.87. The highest BCUT2D eigenvalue weighted by atomic mass is 79.9. The summed E-state index contributed by atoms with van der Waals surface area (Å²) in [4.78, 5) is 0. The predicted octanol–water partition coefficient (Wildman–Crippen LogP) is 5.47. The van der Waals surface area contributed by atoms with Gasteiger partial charge in [-0.1, -0.05) is 39.7 Å². The molecule has 0 spiro atoms. The molecule has 2 aromatic rings. The largest absolute Gasteiger partial charge is 0.454 e. The molecule has 18 heavy (non-hydrogen) atoms. The lowest BCUT2D eigenvalue weighted by atomic mass is 10.2. The Morgan fingerprint density at radius 1 is 1.22 bits per heavy atom. The molecule has 2 rings (SSSR count). The van der Waals surface area contributed by atoms with Gasteiger partial charge in [-0.15, -0.1) is 0 Å². The molecule has 0 amide bonds. The van der Waals surface area contributed by atoms with Crippen molar-refractivity contribution in [3.63, 3.8) is 0 Å². The fourth-order valence-electron chi connectivity index (χ4n) is 1.57. The first-order valence-electron chi connectivity index (χ1n) is 5.39. The van der Waals surface area contributed by atoms with Gasteiger partial charge in [-0.2, -0.15) is 0 Å². The first-order valence-corrected chi connectivity index (χ1v) is 6.89. The molecule has 0 fully saturated rings. The summed E-state index contributed by atoms with van der Waals surface area (Å²) in [6, 6.07) is 10.3. The Labute approximate surface area is 119 Å². The van der Waals surface area contributed by atoms with Crippen LogP contribution in [-0.4, -0.2) is 0 Å². The lowest BCUT2D eigenvalue weighted by molar-refractivity contribution is 0.437. The van der Waals surface area contributed by atoms with Crippen LogP contribution in [0.1, 0.15) is 11.1 Å². The lowest BCUT2D eigenvalue weighted by Gasteiger charge is -2.11. The fourth-order valence-corrected chi connectivity index (χ4v) is 2.20. The van der Waals surface area contributed by atoms with Crippen LogP contribution in [0.3, 0.4) is 0 Å². The van der Waals surface area contributed by atoms with Gasteiger partial charge in [-0.3, -0.25) is 0 Å². The van der Waals surface area contributed by atoms with E-state index in [2.05, 4.69) is 15.9 Å². The predicted molar refractivity (Wildman–Crippen MR) is 75.3 cm³/mol. The standard InChI is InChI=1S/C14H11BrClFO/c1-9-3-2-4-13(14(9)17)18-12-6-5-11(16)7-10(12)8-15/h2-7H,8H2,1H3. The van der Waals surface area contributed by atoms with E-state index >= 15 is 0 Å². The van der Waals surface area contributed by atoms with Crippen LogP contribution < -0.4 is 4.74 Å². The molecule has 4 heteroatoms. The van der Waals surface area contributed by atoms with E-state index in [4.69, 9.17) is 16.3 Å². The van der Waals surface area contributed by atoms with E-state index in [0.29, 0.717) is 21.7 Å². The molecular formula is C14H11BrClFO. The Hall–Kier alpha value is -1.06. The molecule has 0 atom stereocenters. The van der Waals surface area contributed by atoms with Gasteiger partial charge in [0.1, 0.15) is 5.75 Å². The Bertz CT molecular complexity index is 572. The van der Waals surface area contributed by atoms with E-state index in [1.54, 1.807) is 43.3 Å². The third-order valence-electron chi connectivity index (χ3n) is 2.54. The number of rotatable bonds is 3. The van der Waals surface area contributed by atoms with E-state index < -0.39 is 0 Å². The third-order valence-corrected chi connectivity index (χ3v) is 3.38. The molecule has 0 N–H and O–H groups in total. The zero-order chi connectivity index (χ0) is 13.1. The maximum absolute atomic E-state index is 13.8. The van der Waals surface area contributed by atoms with Gasteiger partial charge in [0, 0.05) is 15.9 Å². The van der Waals surface area contributed by atoms with Crippen molar-refractivity contribution in [3.8, 4) is 11.5 Å². The highest BCUT2D eigenvalue weighted by Gasteiger charge is 2.10. The molecule has 2 aromatic carbocycles. The van der Waals surface area contributed by atoms with Crippen molar-refractivity contribution in [1.29, 1.82) is 0 Å². The molecule has 0 radical (unpaired) electrons. The highest BCUT2D eigenvalue weighted by Crippen LogP contribution is 2.31. The normalized spacial score (nSPS) is 10.4. The summed E-state index contributed by atoms with van der Waals surface area (Å²) in [5.41, 5.74) is 1.44. The Balaban J connectivity index is 2.37. The molecule has 0 aliphatic heterocycles. The van der Waals surface area contributed by atoms with Crippen LogP contribution in [0.5, 0.6) is 11.5 Å². The van der Waals surface area contributed by atoms with E-state index in [1.807, 2.05) is 0 Å². The van der Waals surface area contributed by atoms with Gasteiger partial charge < -0.3 is 4.74 Å². The average molecular weight is 330 g/mol.